The molecular formula is C19H15F5N4O. The van der Waals surface area contributed by atoms with E-state index in [1.54, 1.807) is 6.92 Å². The summed E-state index contributed by atoms with van der Waals surface area (Å²) in [6, 6.07) is 5.24. The van der Waals surface area contributed by atoms with E-state index in [2.05, 4.69) is 15.4 Å². The molecule has 1 atom stereocenters. The van der Waals surface area contributed by atoms with E-state index in [1.807, 2.05) is 0 Å². The summed E-state index contributed by atoms with van der Waals surface area (Å²) in [7, 11) is 0. The van der Waals surface area contributed by atoms with Gasteiger partial charge in [-0.3, -0.25) is 4.68 Å². The van der Waals surface area contributed by atoms with Gasteiger partial charge in [0, 0.05) is 23.9 Å². The van der Waals surface area contributed by atoms with Crippen LogP contribution in [-0.4, -0.2) is 21.4 Å². The number of halogens is 5. The van der Waals surface area contributed by atoms with E-state index < -0.39 is 29.5 Å². The Labute approximate surface area is 162 Å². The van der Waals surface area contributed by atoms with Crippen molar-refractivity contribution in [1.82, 2.24) is 14.8 Å². The van der Waals surface area contributed by atoms with Crippen LogP contribution in [-0.2, 0) is 12.7 Å². The summed E-state index contributed by atoms with van der Waals surface area (Å²) in [5, 5.41) is 6.50. The Balaban J connectivity index is 1.66. The first-order valence-electron chi connectivity index (χ1n) is 8.76. The predicted octanol–water partition coefficient (Wildman–Crippen LogP) is 4.81. The third kappa shape index (κ3) is 3.50. The maximum Gasteiger partial charge on any atom is 0.435 e. The highest BCUT2D eigenvalue weighted by Crippen LogP contribution is 2.37. The molecule has 152 valence electrons. The lowest BCUT2D eigenvalue weighted by Gasteiger charge is -2.27. The van der Waals surface area contributed by atoms with Crippen LogP contribution in [0.25, 0.3) is 11.3 Å². The first-order chi connectivity index (χ1) is 13.8. The van der Waals surface area contributed by atoms with Crippen molar-refractivity contribution in [2.45, 2.75) is 25.7 Å². The number of hydrogen-bond acceptors (Lipinski definition) is 4. The normalized spacial score (nSPS) is 16.1. The van der Waals surface area contributed by atoms with Crippen molar-refractivity contribution < 1.29 is 26.7 Å². The largest absolute Gasteiger partial charge is 0.487 e. The second-order valence-electron chi connectivity index (χ2n) is 6.44. The number of aryl methyl sites for hydroxylation is 1. The predicted molar refractivity (Wildman–Crippen MR) is 94.4 cm³/mol. The molecule has 5 nitrogen and oxygen atoms in total. The van der Waals surface area contributed by atoms with E-state index in [-0.39, 0.29) is 36.0 Å². The summed E-state index contributed by atoms with van der Waals surface area (Å²) < 4.78 is 73.8. The molecule has 29 heavy (non-hydrogen) atoms. The first-order valence-corrected chi connectivity index (χ1v) is 8.76. The Hall–Kier alpha value is -3.17. The molecule has 0 saturated carbocycles. The molecule has 0 radical (unpaired) electrons. The van der Waals surface area contributed by atoms with Gasteiger partial charge < -0.3 is 10.1 Å². The second-order valence-corrected chi connectivity index (χ2v) is 6.44. The Morgan fingerprint density at radius 3 is 2.59 bits per heavy atom. The number of nitrogens with one attached hydrogen (secondary N) is 1. The molecule has 0 bridgehead atoms. The summed E-state index contributed by atoms with van der Waals surface area (Å²) in [6.45, 7) is 1.83. The van der Waals surface area contributed by atoms with Crippen LogP contribution in [0.5, 0.6) is 5.75 Å². The van der Waals surface area contributed by atoms with Crippen molar-refractivity contribution in [3.63, 3.8) is 0 Å². The van der Waals surface area contributed by atoms with Gasteiger partial charge in [-0.25, -0.2) is 13.8 Å². The lowest BCUT2D eigenvalue weighted by molar-refractivity contribution is -0.141. The molecule has 1 unspecified atom stereocenters. The smallest absolute Gasteiger partial charge is 0.435 e. The molecule has 2 aromatic heterocycles. The van der Waals surface area contributed by atoms with Crippen molar-refractivity contribution in [3.05, 3.63) is 59.4 Å². The average molecular weight is 410 g/mol. The highest BCUT2D eigenvalue weighted by atomic mass is 19.4. The summed E-state index contributed by atoms with van der Waals surface area (Å²) in [5.74, 6) is -0.908. The highest BCUT2D eigenvalue weighted by molar-refractivity contribution is 5.66. The SMILES string of the molecule is CCn1nc(C(F)(F)F)cc1-c1cnc2c(c1)OCC(c1c(F)cccc1F)N2. The zero-order valence-corrected chi connectivity index (χ0v) is 15.1. The van der Waals surface area contributed by atoms with Gasteiger partial charge in [-0.2, -0.15) is 18.3 Å². The average Bonchev–Trinajstić information content (AvgIpc) is 3.12. The minimum Gasteiger partial charge on any atom is -0.487 e. The minimum absolute atomic E-state index is 0.0726. The molecule has 0 aliphatic carbocycles. The number of nitrogens with zero attached hydrogens (tertiary/aromatic N) is 3. The molecule has 1 aromatic carbocycles. The number of aromatic nitrogens is 3. The number of alkyl halides is 3. The molecule has 1 N–H and O–H groups in total. The van der Waals surface area contributed by atoms with Crippen LogP contribution >= 0.6 is 0 Å². The summed E-state index contributed by atoms with van der Waals surface area (Å²) in [4.78, 5) is 4.17. The van der Waals surface area contributed by atoms with E-state index in [1.165, 1.54) is 23.0 Å². The molecule has 1 aliphatic heterocycles. The third-order valence-electron chi connectivity index (χ3n) is 4.58. The lowest BCUT2D eigenvalue weighted by Crippen LogP contribution is -2.26. The second kappa shape index (κ2) is 7.02. The number of ether oxygens (including phenoxy) is 1. The van der Waals surface area contributed by atoms with E-state index in [0.29, 0.717) is 5.56 Å². The molecule has 0 saturated heterocycles. The van der Waals surface area contributed by atoms with Gasteiger partial charge in [0.2, 0.25) is 0 Å². The Bertz CT molecular complexity index is 1040. The fourth-order valence-electron chi connectivity index (χ4n) is 3.21. The van der Waals surface area contributed by atoms with Crippen molar-refractivity contribution in [2.75, 3.05) is 11.9 Å². The molecule has 3 aromatic rings. The molecule has 3 heterocycles. The maximum atomic E-state index is 14.0. The molecule has 1 aliphatic rings. The Morgan fingerprint density at radius 1 is 1.21 bits per heavy atom. The fourth-order valence-corrected chi connectivity index (χ4v) is 3.21. The van der Waals surface area contributed by atoms with Crippen LogP contribution in [0.2, 0.25) is 0 Å². The van der Waals surface area contributed by atoms with Crippen LogP contribution in [0.15, 0.2) is 36.5 Å². The summed E-state index contributed by atoms with van der Waals surface area (Å²) in [6.07, 6.45) is -3.20. The number of fused-ring (bicyclic) bond motifs is 1. The Morgan fingerprint density at radius 2 is 1.93 bits per heavy atom. The van der Waals surface area contributed by atoms with Gasteiger partial charge in [0.15, 0.2) is 17.3 Å². The van der Waals surface area contributed by atoms with Gasteiger partial charge in [-0.15, -0.1) is 0 Å². The number of benzene rings is 1. The zero-order chi connectivity index (χ0) is 20.8. The van der Waals surface area contributed by atoms with Gasteiger partial charge in [0.05, 0.1) is 11.7 Å². The van der Waals surface area contributed by atoms with Gasteiger partial charge in [-0.05, 0) is 31.2 Å². The standard InChI is InChI=1S/C19H15F5N4O/c1-2-28-14(7-16(27-28)19(22,23)24)10-6-15-18(25-8-10)26-13(9-29-15)17-11(20)4-3-5-12(17)21/h3-8,13H,2,9H2,1H3,(H,25,26). The van der Waals surface area contributed by atoms with E-state index in [9.17, 15) is 22.0 Å². The zero-order valence-electron chi connectivity index (χ0n) is 15.1. The number of anilines is 1. The van der Waals surface area contributed by atoms with E-state index in [0.717, 1.165) is 18.2 Å². The van der Waals surface area contributed by atoms with Gasteiger partial charge >= 0.3 is 6.18 Å². The minimum atomic E-state index is -4.56. The Kier molecular flexibility index (Phi) is 4.64. The molecular weight excluding hydrogens is 395 g/mol. The third-order valence-corrected chi connectivity index (χ3v) is 4.58. The van der Waals surface area contributed by atoms with Gasteiger partial charge in [0.1, 0.15) is 18.2 Å². The maximum absolute atomic E-state index is 14.0. The van der Waals surface area contributed by atoms with E-state index in [4.69, 9.17) is 4.74 Å². The van der Waals surface area contributed by atoms with Crippen molar-refractivity contribution in [2.24, 2.45) is 0 Å². The number of pyridine rings is 1. The monoisotopic (exact) mass is 410 g/mol. The number of rotatable bonds is 3. The van der Waals surface area contributed by atoms with Crippen LogP contribution in [0, 0.1) is 11.6 Å². The van der Waals surface area contributed by atoms with E-state index >= 15 is 0 Å². The lowest BCUT2D eigenvalue weighted by atomic mass is 10.0. The first kappa shape index (κ1) is 19.2. The number of hydrogen-bond donors (Lipinski definition) is 1. The van der Waals surface area contributed by atoms with Crippen molar-refractivity contribution >= 4 is 5.82 Å². The topological polar surface area (TPSA) is 52.0 Å². The van der Waals surface area contributed by atoms with Crippen molar-refractivity contribution in [1.29, 1.82) is 0 Å². The van der Waals surface area contributed by atoms with Gasteiger partial charge in [0.25, 0.3) is 0 Å². The van der Waals surface area contributed by atoms with Crippen molar-refractivity contribution in [3.8, 4) is 17.0 Å². The molecule has 10 heteroatoms. The fraction of sp³-hybridized carbons (Fsp3) is 0.263. The van der Waals surface area contributed by atoms with Crippen LogP contribution in [0.1, 0.15) is 24.2 Å². The highest BCUT2D eigenvalue weighted by Gasteiger charge is 2.35. The quantitative estimate of drug-likeness (QED) is 0.630. The van der Waals surface area contributed by atoms with Gasteiger partial charge in [-0.1, -0.05) is 6.07 Å². The van der Waals surface area contributed by atoms with Crippen LogP contribution in [0.4, 0.5) is 27.8 Å². The summed E-state index contributed by atoms with van der Waals surface area (Å²) >= 11 is 0. The molecule has 0 fully saturated rings. The van der Waals surface area contributed by atoms with Crippen LogP contribution in [0.3, 0.4) is 0 Å². The van der Waals surface area contributed by atoms with Crippen LogP contribution < -0.4 is 10.1 Å². The molecule has 0 amide bonds. The molecule has 4 rings (SSSR count). The summed E-state index contributed by atoms with van der Waals surface area (Å²) in [5.41, 5.74) is -0.545. The molecule has 0 spiro atoms.